The van der Waals surface area contributed by atoms with E-state index < -0.39 is 12.3 Å². The Bertz CT molecular complexity index is 875. The van der Waals surface area contributed by atoms with Gasteiger partial charge in [0.15, 0.2) is 0 Å². The van der Waals surface area contributed by atoms with Gasteiger partial charge in [-0.25, -0.2) is 4.68 Å². The molecule has 0 radical (unpaired) electrons. The number of rotatable bonds is 5. The molecular weight excluding hydrogens is 347 g/mol. The maximum atomic E-state index is 12.3. The first-order valence-corrected chi connectivity index (χ1v) is 7.63. The van der Waals surface area contributed by atoms with Crippen LogP contribution in [0.4, 0.5) is 19.0 Å². The summed E-state index contributed by atoms with van der Waals surface area (Å²) in [6, 6.07) is 15.9. The normalized spacial score (nSPS) is 11.2. The number of carbonyl (C=O) groups excluding carboxylic acids is 1. The van der Waals surface area contributed by atoms with Crippen molar-refractivity contribution in [3.63, 3.8) is 0 Å². The second-order valence-corrected chi connectivity index (χ2v) is 5.39. The second-order valence-electron chi connectivity index (χ2n) is 5.39. The van der Waals surface area contributed by atoms with E-state index in [1.54, 1.807) is 16.9 Å². The van der Waals surface area contributed by atoms with Gasteiger partial charge in [0, 0.05) is 11.6 Å². The lowest BCUT2D eigenvalue weighted by Gasteiger charge is -2.11. The average Bonchev–Trinajstić information content (AvgIpc) is 3.02. The monoisotopic (exact) mass is 361 g/mol. The highest BCUT2D eigenvalue weighted by molar-refractivity contribution is 6.03. The fourth-order valence-corrected chi connectivity index (χ4v) is 2.32. The molecule has 0 fully saturated rings. The van der Waals surface area contributed by atoms with Crippen molar-refractivity contribution in [2.75, 3.05) is 5.32 Å². The van der Waals surface area contributed by atoms with Crippen molar-refractivity contribution in [3.05, 3.63) is 78.0 Å². The van der Waals surface area contributed by atoms with Gasteiger partial charge < -0.3 is 10.1 Å². The molecule has 1 amide bonds. The van der Waals surface area contributed by atoms with Crippen LogP contribution in [0, 0.1) is 0 Å². The van der Waals surface area contributed by atoms with Gasteiger partial charge in [0.05, 0.1) is 12.7 Å². The molecule has 8 heteroatoms. The van der Waals surface area contributed by atoms with Gasteiger partial charge in [-0.1, -0.05) is 30.3 Å². The van der Waals surface area contributed by atoms with E-state index in [0.717, 1.165) is 17.7 Å². The van der Waals surface area contributed by atoms with Gasteiger partial charge in [-0.3, -0.25) is 4.79 Å². The summed E-state index contributed by atoms with van der Waals surface area (Å²) < 4.78 is 41.9. The first-order chi connectivity index (χ1) is 12.4. The molecule has 3 aromatic rings. The van der Waals surface area contributed by atoms with Gasteiger partial charge in [0.1, 0.15) is 11.6 Å². The molecule has 2 aromatic carbocycles. The van der Waals surface area contributed by atoms with E-state index in [-0.39, 0.29) is 11.3 Å². The molecule has 0 unspecified atom stereocenters. The molecule has 1 heterocycles. The number of nitrogens with zero attached hydrogens (tertiary/aromatic N) is 2. The van der Waals surface area contributed by atoms with Crippen LogP contribution in [-0.2, 0) is 6.54 Å². The molecular formula is C18H14F3N3O2. The van der Waals surface area contributed by atoms with Crippen molar-refractivity contribution in [2.45, 2.75) is 12.9 Å². The van der Waals surface area contributed by atoms with Gasteiger partial charge in [-0.05, 0) is 29.8 Å². The minimum Gasteiger partial charge on any atom is -0.406 e. The largest absolute Gasteiger partial charge is 0.573 e. The van der Waals surface area contributed by atoms with E-state index >= 15 is 0 Å². The van der Waals surface area contributed by atoms with E-state index in [2.05, 4.69) is 15.2 Å². The highest BCUT2D eigenvalue weighted by Gasteiger charge is 2.31. The summed E-state index contributed by atoms with van der Waals surface area (Å²) in [5.74, 6) is -0.365. The quantitative estimate of drug-likeness (QED) is 0.745. The number of halogens is 3. The second kappa shape index (κ2) is 7.30. The third-order valence-corrected chi connectivity index (χ3v) is 3.48. The number of carbonyl (C=O) groups is 1. The lowest BCUT2D eigenvalue weighted by atomic mass is 10.2. The lowest BCUT2D eigenvalue weighted by molar-refractivity contribution is -0.274. The van der Waals surface area contributed by atoms with E-state index in [4.69, 9.17) is 0 Å². The first kappa shape index (κ1) is 17.5. The third kappa shape index (κ3) is 4.62. The number of hydrogen-bond acceptors (Lipinski definition) is 3. The minimum atomic E-state index is -4.77. The summed E-state index contributed by atoms with van der Waals surface area (Å²) in [7, 11) is 0. The molecule has 1 aromatic heterocycles. The predicted molar refractivity (Wildman–Crippen MR) is 88.8 cm³/mol. The number of ether oxygens (including phenoxy) is 1. The summed E-state index contributed by atoms with van der Waals surface area (Å²) in [6.45, 7) is 0.474. The molecule has 0 saturated heterocycles. The van der Waals surface area contributed by atoms with Gasteiger partial charge in [0.25, 0.3) is 5.91 Å². The van der Waals surface area contributed by atoms with E-state index in [1.165, 1.54) is 12.1 Å². The molecule has 0 aliphatic carbocycles. The number of hydrogen-bond donors (Lipinski definition) is 1. The summed E-state index contributed by atoms with van der Waals surface area (Å²) in [4.78, 5) is 12.3. The SMILES string of the molecule is O=C(Nc1ccnn1Cc1ccccc1)c1ccc(OC(F)(F)F)cc1. The topological polar surface area (TPSA) is 56.2 Å². The maximum Gasteiger partial charge on any atom is 0.573 e. The Hall–Kier alpha value is -3.29. The molecule has 0 bridgehead atoms. The Balaban J connectivity index is 1.68. The molecule has 0 aliphatic heterocycles. The van der Waals surface area contributed by atoms with Crippen molar-refractivity contribution < 1.29 is 22.7 Å². The molecule has 0 aliphatic rings. The van der Waals surface area contributed by atoms with Crippen LogP contribution < -0.4 is 10.1 Å². The first-order valence-electron chi connectivity index (χ1n) is 7.63. The number of benzene rings is 2. The average molecular weight is 361 g/mol. The van der Waals surface area contributed by atoms with Crippen molar-refractivity contribution in [1.29, 1.82) is 0 Å². The van der Waals surface area contributed by atoms with Crippen molar-refractivity contribution in [3.8, 4) is 5.75 Å². The third-order valence-electron chi connectivity index (χ3n) is 3.48. The van der Waals surface area contributed by atoms with Gasteiger partial charge in [-0.15, -0.1) is 13.2 Å². The molecule has 5 nitrogen and oxygen atoms in total. The zero-order valence-electron chi connectivity index (χ0n) is 13.4. The van der Waals surface area contributed by atoms with Gasteiger partial charge in [0.2, 0.25) is 0 Å². The van der Waals surface area contributed by atoms with Crippen LogP contribution in [0.25, 0.3) is 0 Å². The molecule has 134 valence electrons. The van der Waals surface area contributed by atoms with Crippen LogP contribution in [0.3, 0.4) is 0 Å². The minimum absolute atomic E-state index is 0.201. The highest BCUT2D eigenvalue weighted by Crippen LogP contribution is 2.23. The molecule has 0 atom stereocenters. The maximum absolute atomic E-state index is 12.3. The summed E-state index contributed by atoms with van der Waals surface area (Å²) >= 11 is 0. The van der Waals surface area contributed by atoms with Crippen molar-refractivity contribution in [1.82, 2.24) is 9.78 Å². The summed E-state index contributed by atoms with van der Waals surface area (Å²) in [5.41, 5.74) is 1.22. The number of alkyl halides is 3. The fraction of sp³-hybridized carbons (Fsp3) is 0.111. The van der Waals surface area contributed by atoms with Gasteiger partial charge >= 0.3 is 6.36 Å². The molecule has 3 rings (SSSR count). The van der Waals surface area contributed by atoms with Crippen LogP contribution in [0.1, 0.15) is 15.9 Å². The molecule has 0 saturated carbocycles. The summed E-state index contributed by atoms with van der Waals surface area (Å²) in [5, 5.41) is 6.86. The fourth-order valence-electron chi connectivity index (χ4n) is 2.32. The highest BCUT2D eigenvalue weighted by atomic mass is 19.4. The smallest absolute Gasteiger partial charge is 0.406 e. The Labute approximate surface area is 147 Å². The Morgan fingerprint density at radius 1 is 1.04 bits per heavy atom. The predicted octanol–water partition coefficient (Wildman–Crippen LogP) is 4.08. The van der Waals surface area contributed by atoms with Crippen LogP contribution in [0.15, 0.2) is 66.9 Å². The van der Waals surface area contributed by atoms with E-state index in [9.17, 15) is 18.0 Å². The number of nitrogens with one attached hydrogen (secondary N) is 1. The molecule has 1 N–H and O–H groups in total. The number of anilines is 1. The molecule has 0 spiro atoms. The zero-order valence-corrected chi connectivity index (χ0v) is 13.4. The Morgan fingerprint density at radius 2 is 1.73 bits per heavy atom. The van der Waals surface area contributed by atoms with Crippen LogP contribution >= 0.6 is 0 Å². The Morgan fingerprint density at radius 3 is 2.38 bits per heavy atom. The molecule has 26 heavy (non-hydrogen) atoms. The van der Waals surface area contributed by atoms with Crippen molar-refractivity contribution >= 4 is 11.7 Å². The number of amides is 1. The van der Waals surface area contributed by atoms with Crippen molar-refractivity contribution in [2.24, 2.45) is 0 Å². The van der Waals surface area contributed by atoms with Crippen LogP contribution in [-0.4, -0.2) is 22.1 Å². The Kier molecular flexibility index (Phi) is 4.92. The van der Waals surface area contributed by atoms with Crippen LogP contribution in [0.2, 0.25) is 0 Å². The standard InChI is InChI=1S/C18H14F3N3O2/c19-18(20,21)26-15-8-6-14(7-9-15)17(25)23-16-10-11-22-24(16)12-13-4-2-1-3-5-13/h1-11H,12H2,(H,23,25). The zero-order chi connectivity index (χ0) is 18.6. The van der Waals surface area contributed by atoms with E-state index in [1.807, 2.05) is 30.3 Å². The van der Waals surface area contributed by atoms with E-state index in [0.29, 0.717) is 12.4 Å². The summed E-state index contributed by atoms with van der Waals surface area (Å²) in [6.07, 6.45) is -3.22. The number of aromatic nitrogens is 2. The van der Waals surface area contributed by atoms with Crippen LogP contribution in [0.5, 0.6) is 5.75 Å². The lowest BCUT2D eigenvalue weighted by Crippen LogP contribution is -2.18. The van der Waals surface area contributed by atoms with Gasteiger partial charge in [-0.2, -0.15) is 5.10 Å².